The van der Waals surface area contributed by atoms with Gasteiger partial charge in [-0.25, -0.2) is 9.97 Å². The van der Waals surface area contributed by atoms with Crippen LogP contribution >= 0.6 is 43.6 Å². The van der Waals surface area contributed by atoms with Crippen LogP contribution in [0, 0.1) is 6.92 Å². The van der Waals surface area contributed by atoms with E-state index >= 15 is 0 Å². The lowest BCUT2D eigenvalue weighted by Crippen LogP contribution is -2.14. The quantitative estimate of drug-likeness (QED) is 0.366. The third kappa shape index (κ3) is 5.16. The lowest BCUT2D eigenvalue weighted by molar-refractivity contribution is -0.113. The molecule has 0 bridgehead atoms. The minimum absolute atomic E-state index is 0.111. The van der Waals surface area contributed by atoms with Crippen molar-refractivity contribution in [2.45, 2.75) is 12.1 Å². The molecular formula is C19H15Br2N3OS. The molecule has 2 aromatic carbocycles. The SMILES string of the molecule is Cc1cc(-c2ccccc2)nc(SCC(=O)Nc2cc(Br)ccc2Br)n1. The number of carbonyl (C=O) groups is 1. The summed E-state index contributed by atoms with van der Waals surface area (Å²) in [6.07, 6.45) is 0. The molecule has 132 valence electrons. The van der Waals surface area contributed by atoms with Crippen molar-refractivity contribution >= 4 is 55.2 Å². The average molecular weight is 493 g/mol. The number of benzene rings is 2. The summed E-state index contributed by atoms with van der Waals surface area (Å²) in [6, 6.07) is 17.5. The first kappa shape index (κ1) is 19.1. The van der Waals surface area contributed by atoms with Crippen LogP contribution in [0.1, 0.15) is 5.69 Å². The average Bonchev–Trinajstić information content (AvgIpc) is 2.63. The van der Waals surface area contributed by atoms with Gasteiger partial charge in [0.2, 0.25) is 5.91 Å². The summed E-state index contributed by atoms with van der Waals surface area (Å²) in [5, 5.41) is 3.48. The summed E-state index contributed by atoms with van der Waals surface area (Å²) in [6.45, 7) is 1.93. The van der Waals surface area contributed by atoms with Crippen LogP contribution in [0.2, 0.25) is 0 Å². The van der Waals surface area contributed by atoms with Crippen LogP contribution in [0.4, 0.5) is 5.69 Å². The van der Waals surface area contributed by atoms with E-state index in [4.69, 9.17) is 0 Å². The fourth-order valence-electron chi connectivity index (χ4n) is 2.27. The zero-order chi connectivity index (χ0) is 18.5. The van der Waals surface area contributed by atoms with Crippen LogP contribution < -0.4 is 5.32 Å². The van der Waals surface area contributed by atoms with Crippen molar-refractivity contribution in [2.24, 2.45) is 0 Å². The Morgan fingerprint density at radius 1 is 1.08 bits per heavy atom. The first-order valence-electron chi connectivity index (χ1n) is 7.80. The van der Waals surface area contributed by atoms with E-state index in [0.29, 0.717) is 5.16 Å². The van der Waals surface area contributed by atoms with E-state index in [2.05, 4.69) is 47.1 Å². The molecule has 0 aliphatic rings. The maximum atomic E-state index is 12.3. The number of hydrogen-bond acceptors (Lipinski definition) is 4. The van der Waals surface area contributed by atoms with Gasteiger partial charge >= 0.3 is 0 Å². The van der Waals surface area contributed by atoms with Crippen molar-refractivity contribution in [1.82, 2.24) is 9.97 Å². The number of halogens is 2. The third-order valence-electron chi connectivity index (χ3n) is 3.44. The molecule has 26 heavy (non-hydrogen) atoms. The number of nitrogens with one attached hydrogen (secondary N) is 1. The van der Waals surface area contributed by atoms with Gasteiger partial charge in [0, 0.05) is 20.2 Å². The molecule has 0 saturated heterocycles. The minimum atomic E-state index is -0.111. The highest BCUT2D eigenvalue weighted by molar-refractivity contribution is 9.11. The molecule has 4 nitrogen and oxygen atoms in total. The van der Waals surface area contributed by atoms with Crippen molar-refractivity contribution in [3.63, 3.8) is 0 Å². The molecule has 0 spiro atoms. The molecule has 0 fully saturated rings. The van der Waals surface area contributed by atoms with Crippen molar-refractivity contribution < 1.29 is 4.79 Å². The Morgan fingerprint density at radius 3 is 2.62 bits per heavy atom. The maximum Gasteiger partial charge on any atom is 0.234 e. The van der Waals surface area contributed by atoms with Crippen molar-refractivity contribution in [2.75, 3.05) is 11.1 Å². The van der Waals surface area contributed by atoms with Crippen molar-refractivity contribution in [3.05, 3.63) is 69.2 Å². The molecule has 0 atom stereocenters. The molecule has 1 aromatic heterocycles. The Balaban J connectivity index is 1.68. The predicted molar refractivity (Wildman–Crippen MR) is 113 cm³/mol. The van der Waals surface area contributed by atoms with Crippen LogP contribution in [-0.2, 0) is 4.79 Å². The Bertz CT molecular complexity index is 935. The summed E-state index contributed by atoms with van der Waals surface area (Å²) in [5.41, 5.74) is 3.48. The minimum Gasteiger partial charge on any atom is -0.324 e. The Morgan fingerprint density at radius 2 is 1.85 bits per heavy atom. The van der Waals surface area contributed by atoms with Gasteiger partial charge in [-0.2, -0.15) is 0 Å². The van der Waals surface area contributed by atoms with E-state index in [1.54, 1.807) is 0 Å². The van der Waals surface area contributed by atoms with E-state index in [1.165, 1.54) is 11.8 Å². The lowest BCUT2D eigenvalue weighted by atomic mass is 10.1. The van der Waals surface area contributed by atoms with Gasteiger partial charge in [-0.3, -0.25) is 4.79 Å². The maximum absolute atomic E-state index is 12.3. The predicted octanol–water partition coefficient (Wildman–Crippen LogP) is 5.71. The van der Waals surface area contributed by atoms with E-state index in [0.717, 1.165) is 31.6 Å². The smallest absolute Gasteiger partial charge is 0.234 e. The number of aromatic nitrogens is 2. The summed E-state index contributed by atoms with van der Waals surface area (Å²) in [4.78, 5) is 21.3. The fourth-order valence-corrected chi connectivity index (χ4v) is 3.68. The third-order valence-corrected chi connectivity index (χ3v) is 5.47. The number of thioether (sulfide) groups is 1. The second-order valence-electron chi connectivity index (χ2n) is 5.50. The zero-order valence-corrected chi connectivity index (χ0v) is 17.9. The van der Waals surface area contributed by atoms with Gasteiger partial charge in [0.15, 0.2) is 5.16 Å². The molecule has 7 heteroatoms. The zero-order valence-electron chi connectivity index (χ0n) is 13.9. The van der Waals surface area contributed by atoms with Crippen LogP contribution in [0.3, 0.4) is 0 Å². The van der Waals surface area contributed by atoms with Crippen LogP contribution in [-0.4, -0.2) is 21.6 Å². The van der Waals surface area contributed by atoms with Gasteiger partial charge in [-0.05, 0) is 47.1 Å². The molecule has 0 unspecified atom stereocenters. The molecule has 1 heterocycles. The molecule has 3 aromatic rings. The molecular weight excluding hydrogens is 478 g/mol. The van der Waals surface area contributed by atoms with Crippen molar-refractivity contribution in [3.8, 4) is 11.3 Å². The highest BCUT2D eigenvalue weighted by Gasteiger charge is 2.10. The fraction of sp³-hybridized carbons (Fsp3) is 0.105. The van der Waals surface area contributed by atoms with Crippen LogP contribution in [0.5, 0.6) is 0 Å². The Hall–Kier alpha value is -1.70. The number of anilines is 1. The van der Waals surface area contributed by atoms with Gasteiger partial charge in [0.25, 0.3) is 0 Å². The van der Waals surface area contributed by atoms with Gasteiger partial charge < -0.3 is 5.32 Å². The normalized spacial score (nSPS) is 10.6. The highest BCUT2D eigenvalue weighted by atomic mass is 79.9. The molecule has 1 N–H and O–H groups in total. The van der Waals surface area contributed by atoms with E-state index in [1.807, 2.05) is 61.5 Å². The molecule has 0 radical (unpaired) electrons. The summed E-state index contributed by atoms with van der Waals surface area (Å²) >= 11 is 8.16. The van der Waals surface area contributed by atoms with E-state index < -0.39 is 0 Å². The molecule has 0 aliphatic heterocycles. The molecule has 0 saturated carbocycles. The second-order valence-corrected chi connectivity index (χ2v) is 8.22. The van der Waals surface area contributed by atoms with Crippen LogP contribution in [0.15, 0.2) is 68.7 Å². The molecule has 0 aliphatic carbocycles. The number of nitrogens with zero attached hydrogens (tertiary/aromatic N) is 2. The number of hydrogen-bond donors (Lipinski definition) is 1. The van der Waals surface area contributed by atoms with Gasteiger partial charge in [-0.1, -0.05) is 58.0 Å². The number of aryl methyl sites for hydroxylation is 1. The molecule has 3 rings (SSSR count). The summed E-state index contributed by atoms with van der Waals surface area (Å²) < 4.78 is 1.73. The topological polar surface area (TPSA) is 54.9 Å². The Labute approximate surface area is 173 Å². The van der Waals surface area contributed by atoms with Crippen molar-refractivity contribution in [1.29, 1.82) is 0 Å². The second kappa shape index (κ2) is 8.79. The largest absolute Gasteiger partial charge is 0.324 e. The summed E-state index contributed by atoms with van der Waals surface area (Å²) in [5.74, 6) is 0.122. The van der Waals surface area contributed by atoms with E-state index in [-0.39, 0.29) is 11.7 Å². The van der Waals surface area contributed by atoms with E-state index in [9.17, 15) is 4.79 Å². The van der Waals surface area contributed by atoms with Gasteiger partial charge in [0.05, 0.1) is 17.1 Å². The molecule has 1 amide bonds. The first-order valence-corrected chi connectivity index (χ1v) is 10.4. The van der Waals surface area contributed by atoms with Gasteiger partial charge in [-0.15, -0.1) is 0 Å². The van der Waals surface area contributed by atoms with Gasteiger partial charge in [0.1, 0.15) is 0 Å². The first-order chi connectivity index (χ1) is 12.5. The standard InChI is InChI=1S/C19H15Br2N3OS/c1-12-9-16(13-5-3-2-4-6-13)24-19(22-12)26-11-18(25)23-17-10-14(20)7-8-15(17)21/h2-10H,11H2,1H3,(H,23,25). The number of rotatable bonds is 5. The number of carbonyl (C=O) groups excluding carboxylic acids is 1. The lowest BCUT2D eigenvalue weighted by Gasteiger charge is -2.08. The monoisotopic (exact) mass is 491 g/mol. The van der Waals surface area contributed by atoms with Crippen LogP contribution in [0.25, 0.3) is 11.3 Å². The highest BCUT2D eigenvalue weighted by Crippen LogP contribution is 2.27. The Kier molecular flexibility index (Phi) is 6.45. The summed E-state index contributed by atoms with van der Waals surface area (Å²) in [7, 11) is 0. The number of amides is 1.